The fraction of sp³-hybridized carbons (Fsp3) is 0.632. The molecule has 0 aliphatic heterocycles. The van der Waals surface area contributed by atoms with Crippen molar-refractivity contribution >= 4 is 5.91 Å². The third-order valence-corrected chi connectivity index (χ3v) is 4.22. The first-order valence-electron chi connectivity index (χ1n) is 8.89. The molecule has 0 saturated heterocycles. The van der Waals surface area contributed by atoms with Crippen LogP contribution < -0.4 is 11.1 Å². The van der Waals surface area contributed by atoms with Gasteiger partial charge in [-0.1, -0.05) is 75.8 Å². The van der Waals surface area contributed by atoms with Crippen molar-refractivity contribution < 1.29 is 9.90 Å². The van der Waals surface area contributed by atoms with Gasteiger partial charge in [0, 0.05) is 6.42 Å². The summed E-state index contributed by atoms with van der Waals surface area (Å²) < 4.78 is 0. The zero-order chi connectivity index (χ0) is 17.0. The van der Waals surface area contributed by atoms with Gasteiger partial charge in [0.15, 0.2) is 5.72 Å². The highest BCUT2D eigenvalue weighted by Gasteiger charge is 2.32. The number of primary amides is 1. The quantitative estimate of drug-likeness (QED) is 0.386. The zero-order valence-corrected chi connectivity index (χ0v) is 14.4. The molecule has 1 rings (SSSR count). The van der Waals surface area contributed by atoms with Crippen LogP contribution in [0.2, 0.25) is 0 Å². The fourth-order valence-corrected chi connectivity index (χ4v) is 2.65. The van der Waals surface area contributed by atoms with Crippen molar-refractivity contribution in [2.45, 2.75) is 70.4 Å². The lowest BCUT2D eigenvalue weighted by molar-refractivity contribution is -0.140. The number of hydrogen-bond acceptors (Lipinski definition) is 3. The van der Waals surface area contributed by atoms with Gasteiger partial charge in [-0.15, -0.1) is 0 Å². The number of benzene rings is 1. The Hall–Kier alpha value is -1.39. The van der Waals surface area contributed by atoms with Crippen LogP contribution in [0.15, 0.2) is 30.3 Å². The topological polar surface area (TPSA) is 75.3 Å². The lowest BCUT2D eigenvalue weighted by Gasteiger charge is -2.26. The van der Waals surface area contributed by atoms with E-state index in [2.05, 4.69) is 12.2 Å². The average molecular weight is 320 g/mol. The number of aliphatic hydroxyl groups is 1. The molecular formula is C19H32N2O2. The second-order valence-corrected chi connectivity index (χ2v) is 6.26. The zero-order valence-electron chi connectivity index (χ0n) is 14.4. The molecule has 130 valence electrons. The molecule has 0 bridgehead atoms. The number of rotatable bonds is 13. The number of nitrogens with two attached hydrogens (primary N) is 1. The number of unbranched alkanes of at least 4 members (excludes halogenated alkanes) is 6. The van der Waals surface area contributed by atoms with Crippen LogP contribution in [0.5, 0.6) is 0 Å². The molecule has 0 heterocycles. The maximum atomic E-state index is 11.6. The van der Waals surface area contributed by atoms with E-state index < -0.39 is 11.6 Å². The van der Waals surface area contributed by atoms with Crippen LogP contribution in [0.25, 0.3) is 0 Å². The molecule has 1 aromatic carbocycles. The van der Waals surface area contributed by atoms with Crippen molar-refractivity contribution in [3.8, 4) is 0 Å². The number of carbonyl (C=O) groups excluding carboxylic acids is 1. The predicted molar refractivity (Wildman–Crippen MR) is 94.9 cm³/mol. The van der Waals surface area contributed by atoms with Gasteiger partial charge in [0.25, 0.3) is 5.91 Å². The first-order valence-corrected chi connectivity index (χ1v) is 8.89. The Morgan fingerprint density at radius 2 is 1.70 bits per heavy atom. The molecule has 1 amide bonds. The summed E-state index contributed by atoms with van der Waals surface area (Å²) >= 11 is 0. The second kappa shape index (κ2) is 11.2. The molecular weight excluding hydrogens is 288 g/mol. The summed E-state index contributed by atoms with van der Waals surface area (Å²) in [5.41, 5.74) is 4.85. The largest absolute Gasteiger partial charge is 0.367 e. The van der Waals surface area contributed by atoms with Gasteiger partial charge >= 0.3 is 0 Å². The number of amides is 1. The molecule has 4 nitrogen and oxygen atoms in total. The summed E-state index contributed by atoms with van der Waals surface area (Å²) in [6, 6.07) is 9.81. The Bertz CT molecular complexity index is 436. The van der Waals surface area contributed by atoms with E-state index in [1.54, 1.807) is 0 Å². The first-order chi connectivity index (χ1) is 11.1. The first kappa shape index (κ1) is 19.7. The van der Waals surface area contributed by atoms with Crippen LogP contribution in [0.4, 0.5) is 0 Å². The Kier molecular flexibility index (Phi) is 9.57. The van der Waals surface area contributed by atoms with E-state index in [0.29, 0.717) is 19.4 Å². The summed E-state index contributed by atoms with van der Waals surface area (Å²) in [5, 5.41) is 13.4. The Morgan fingerprint density at radius 1 is 1.09 bits per heavy atom. The third kappa shape index (κ3) is 8.14. The molecule has 4 N–H and O–H groups in total. The van der Waals surface area contributed by atoms with Crippen molar-refractivity contribution in [3.63, 3.8) is 0 Å². The van der Waals surface area contributed by atoms with Gasteiger partial charge < -0.3 is 10.8 Å². The van der Waals surface area contributed by atoms with Crippen LogP contribution in [-0.4, -0.2) is 23.3 Å². The second-order valence-electron chi connectivity index (χ2n) is 6.26. The van der Waals surface area contributed by atoms with Crippen molar-refractivity contribution in [2.24, 2.45) is 5.73 Å². The summed E-state index contributed by atoms with van der Waals surface area (Å²) in [4.78, 5) is 11.6. The minimum Gasteiger partial charge on any atom is -0.367 e. The van der Waals surface area contributed by atoms with Gasteiger partial charge in [-0.05, 0) is 24.9 Å². The van der Waals surface area contributed by atoms with Gasteiger partial charge in [-0.2, -0.15) is 0 Å². The minimum absolute atomic E-state index is 0.294. The minimum atomic E-state index is -1.61. The summed E-state index contributed by atoms with van der Waals surface area (Å²) in [5.74, 6) is -0.698. The summed E-state index contributed by atoms with van der Waals surface area (Å²) in [6.45, 7) is 2.83. The monoisotopic (exact) mass is 320 g/mol. The van der Waals surface area contributed by atoms with Crippen LogP contribution in [0.3, 0.4) is 0 Å². The Labute approximate surface area is 140 Å². The van der Waals surface area contributed by atoms with Crippen molar-refractivity contribution in [2.75, 3.05) is 6.54 Å². The fourth-order valence-electron chi connectivity index (χ4n) is 2.65. The van der Waals surface area contributed by atoms with E-state index in [1.807, 2.05) is 30.3 Å². The molecule has 0 aromatic heterocycles. The van der Waals surface area contributed by atoms with Gasteiger partial charge in [-0.3, -0.25) is 10.1 Å². The maximum Gasteiger partial charge on any atom is 0.264 e. The van der Waals surface area contributed by atoms with Crippen LogP contribution in [0, 0.1) is 0 Å². The number of nitrogens with one attached hydrogen (secondary N) is 1. The summed E-state index contributed by atoms with van der Waals surface area (Å²) in [6.07, 6.45) is 9.31. The van der Waals surface area contributed by atoms with Crippen LogP contribution in [-0.2, 0) is 11.2 Å². The maximum absolute atomic E-state index is 11.6. The highest BCUT2D eigenvalue weighted by molar-refractivity contribution is 5.82. The Morgan fingerprint density at radius 3 is 2.30 bits per heavy atom. The van der Waals surface area contributed by atoms with Gasteiger partial charge in [0.2, 0.25) is 0 Å². The predicted octanol–water partition coefficient (Wildman–Crippen LogP) is 3.13. The molecule has 0 fully saturated rings. The molecule has 0 aliphatic rings. The molecule has 0 spiro atoms. The lowest BCUT2D eigenvalue weighted by atomic mass is 10.0. The highest BCUT2D eigenvalue weighted by Crippen LogP contribution is 2.13. The normalized spacial score (nSPS) is 13.7. The van der Waals surface area contributed by atoms with E-state index in [-0.39, 0.29) is 0 Å². The molecule has 23 heavy (non-hydrogen) atoms. The SMILES string of the molecule is CCCCCCCCCNC(O)(CCc1ccccc1)C(N)=O. The van der Waals surface area contributed by atoms with E-state index in [9.17, 15) is 9.90 Å². The van der Waals surface area contributed by atoms with Crippen LogP contribution in [0.1, 0.15) is 63.9 Å². The van der Waals surface area contributed by atoms with E-state index in [1.165, 1.54) is 32.1 Å². The lowest BCUT2D eigenvalue weighted by Crippen LogP contribution is -2.56. The molecule has 1 aromatic rings. The van der Waals surface area contributed by atoms with E-state index >= 15 is 0 Å². The molecule has 1 atom stereocenters. The molecule has 1 unspecified atom stereocenters. The average Bonchev–Trinajstić information content (AvgIpc) is 2.56. The highest BCUT2D eigenvalue weighted by atomic mass is 16.3. The van der Waals surface area contributed by atoms with Crippen molar-refractivity contribution in [1.82, 2.24) is 5.32 Å². The van der Waals surface area contributed by atoms with Gasteiger partial charge in [-0.25, -0.2) is 0 Å². The summed E-state index contributed by atoms with van der Waals surface area (Å²) in [7, 11) is 0. The third-order valence-electron chi connectivity index (χ3n) is 4.22. The molecule has 0 aliphatic carbocycles. The smallest absolute Gasteiger partial charge is 0.264 e. The van der Waals surface area contributed by atoms with E-state index in [0.717, 1.165) is 18.4 Å². The molecule has 0 radical (unpaired) electrons. The standard InChI is InChI=1S/C19H32N2O2/c1-2-3-4-5-6-7-11-16-21-19(23,18(20)22)15-14-17-12-9-8-10-13-17/h8-10,12-13,21,23H,2-7,11,14-16H2,1H3,(H2,20,22). The molecule has 0 saturated carbocycles. The van der Waals surface area contributed by atoms with Crippen molar-refractivity contribution in [3.05, 3.63) is 35.9 Å². The molecule has 4 heteroatoms. The van der Waals surface area contributed by atoms with Crippen LogP contribution >= 0.6 is 0 Å². The van der Waals surface area contributed by atoms with Crippen molar-refractivity contribution in [1.29, 1.82) is 0 Å². The van der Waals surface area contributed by atoms with Gasteiger partial charge in [0.1, 0.15) is 0 Å². The van der Waals surface area contributed by atoms with Gasteiger partial charge in [0.05, 0.1) is 0 Å². The number of carbonyl (C=O) groups is 1. The van der Waals surface area contributed by atoms with E-state index in [4.69, 9.17) is 5.73 Å². The Balaban J connectivity index is 2.26. The number of hydrogen-bond donors (Lipinski definition) is 3. The number of aryl methyl sites for hydroxylation is 1.